The molecule has 1 atom stereocenters. The van der Waals surface area contributed by atoms with Crippen LogP contribution < -0.4 is 9.64 Å². The average Bonchev–Trinajstić information content (AvgIpc) is 3.58. The van der Waals surface area contributed by atoms with Gasteiger partial charge in [-0.15, -0.1) is 0 Å². The minimum absolute atomic E-state index is 0.262. The van der Waals surface area contributed by atoms with Crippen LogP contribution in [0, 0.1) is 5.41 Å². The van der Waals surface area contributed by atoms with Crippen LogP contribution in [-0.2, 0) is 11.3 Å². The zero-order valence-electron chi connectivity index (χ0n) is 17.4. The number of methoxy groups -OCH3 is 1. The zero-order valence-corrected chi connectivity index (χ0v) is 17.4. The molecule has 8 nitrogen and oxygen atoms in total. The van der Waals surface area contributed by atoms with E-state index >= 15 is 0 Å². The van der Waals surface area contributed by atoms with Crippen molar-refractivity contribution in [2.45, 2.75) is 19.4 Å². The first-order valence-corrected chi connectivity index (χ1v) is 10.6. The number of H-pyrrole nitrogens is 1. The summed E-state index contributed by atoms with van der Waals surface area (Å²) in [6.07, 6.45) is 5.48. The number of rotatable bonds is 4. The molecule has 5 heterocycles. The lowest BCUT2D eigenvalue weighted by molar-refractivity contribution is -0.135. The van der Waals surface area contributed by atoms with E-state index in [0.717, 1.165) is 42.9 Å². The van der Waals surface area contributed by atoms with E-state index in [9.17, 15) is 4.79 Å². The molecule has 1 amide bonds. The number of likely N-dealkylation sites (tertiary alicyclic amines) is 1. The third-order valence-corrected chi connectivity index (χ3v) is 6.84. The van der Waals surface area contributed by atoms with Crippen molar-refractivity contribution in [1.29, 1.82) is 0 Å². The summed E-state index contributed by atoms with van der Waals surface area (Å²) < 4.78 is 7.17. The number of hydrogen-bond acceptors (Lipinski definition) is 5. The fourth-order valence-electron chi connectivity index (χ4n) is 5.14. The van der Waals surface area contributed by atoms with Crippen LogP contribution in [0.15, 0.2) is 48.8 Å². The van der Waals surface area contributed by atoms with Crippen LogP contribution in [0.5, 0.6) is 5.88 Å². The Hall–Kier alpha value is -3.55. The SMILES string of the molecule is COc1cc(N2CCC3(CCN(Cc4c[nH]c5ccccc45)C3=O)C2)nc2ccnn12. The summed E-state index contributed by atoms with van der Waals surface area (Å²) in [5.41, 5.74) is 2.71. The van der Waals surface area contributed by atoms with Gasteiger partial charge in [-0.05, 0) is 24.5 Å². The maximum absolute atomic E-state index is 13.5. The summed E-state index contributed by atoms with van der Waals surface area (Å²) in [5.74, 6) is 1.74. The summed E-state index contributed by atoms with van der Waals surface area (Å²) in [7, 11) is 1.63. The zero-order chi connectivity index (χ0) is 21.0. The molecule has 0 radical (unpaired) electrons. The Labute approximate surface area is 179 Å². The number of fused-ring (bicyclic) bond motifs is 2. The number of carbonyl (C=O) groups excluding carboxylic acids is 1. The van der Waals surface area contributed by atoms with Crippen LogP contribution in [0.4, 0.5) is 5.82 Å². The monoisotopic (exact) mass is 416 g/mol. The summed E-state index contributed by atoms with van der Waals surface area (Å²) in [4.78, 5) is 25.8. The molecule has 2 fully saturated rings. The average molecular weight is 416 g/mol. The van der Waals surface area contributed by atoms with Crippen molar-refractivity contribution in [3.63, 3.8) is 0 Å². The molecule has 3 aromatic heterocycles. The molecule has 2 saturated heterocycles. The molecular formula is C23H24N6O2. The van der Waals surface area contributed by atoms with Crippen molar-refractivity contribution in [2.24, 2.45) is 5.41 Å². The molecular weight excluding hydrogens is 392 g/mol. The van der Waals surface area contributed by atoms with Crippen LogP contribution in [0.3, 0.4) is 0 Å². The van der Waals surface area contributed by atoms with Crippen molar-refractivity contribution in [3.05, 3.63) is 54.4 Å². The van der Waals surface area contributed by atoms with Crippen LogP contribution >= 0.6 is 0 Å². The standard InChI is InChI=1S/C23H24N6O2/c1-31-21-12-20(26-19-6-9-25-29(19)21)28-11-8-23(15-28)7-10-27(22(23)30)14-16-13-24-18-5-3-2-4-17(16)18/h2-6,9,12-13,24H,7-8,10-11,14-15H2,1H3. The van der Waals surface area contributed by atoms with Crippen LogP contribution in [-0.4, -0.2) is 57.1 Å². The second kappa shape index (κ2) is 6.73. The van der Waals surface area contributed by atoms with E-state index in [1.54, 1.807) is 17.8 Å². The first-order chi connectivity index (χ1) is 15.2. The lowest BCUT2D eigenvalue weighted by Gasteiger charge is -2.24. The van der Waals surface area contributed by atoms with E-state index in [-0.39, 0.29) is 11.3 Å². The predicted molar refractivity (Wildman–Crippen MR) is 117 cm³/mol. The number of anilines is 1. The second-order valence-electron chi connectivity index (χ2n) is 8.55. The van der Waals surface area contributed by atoms with E-state index in [2.05, 4.69) is 27.1 Å². The van der Waals surface area contributed by atoms with Gasteiger partial charge >= 0.3 is 0 Å². The van der Waals surface area contributed by atoms with Gasteiger partial charge in [0.1, 0.15) is 5.82 Å². The minimum atomic E-state index is -0.326. The van der Waals surface area contributed by atoms with E-state index in [1.165, 1.54) is 10.9 Å². The van der Waals surface area contributed by atoms with Gasteiger partial charge < -0.3 is 19.5 Å². The number of benzene rings is 1. The Bertz CT molecular complexity index is 1290. The topological polar surface area (TPSA) is 78.8 Å². The van der Waals surface area contributed by atoms with Gasteiger partial charge in [-0.3, -0.25) is 4.79 Å². The number of carbonyl (C=O) groups is 1. The van der Waals surface area contributed by atoms with Crippen molar-refractivity contribution >= 4 is 28.3 Å². The molecule has 8 heteroatoms. The third-order valence-electron chi connectivity index (χ3n) is 6.84. The number of ether oxygens (including phenoxy) is 1. The molecule has 0 aliphatic carbocycles. The van der Waals surface area contributed by atoms with Gasteiger partial charge in [0, 0.05) is 55.4 Å². The number of nitrogens with one attached hydrogen (secondary N) is 1. The Morgan fingerprint density at radius 1 is 1.19 bits per heavy atom. The van der Waals surface area contributed by atoms with E-state index in [0.29, 0.717) is 19.0 Å². The Morgan fingerprint density at radius 3 is 2.97 bits per heavy atom. The van der Waals surface area contributed by atoms with Crippen LogP contribution in [0.2, 0.25) is 0 Å². The van der Waals surface area contributed by atoms with Gasteiger partial charge in [0.15, 0.2) is 5.65 Å². The Balaban J connectivity index is 1.23. The summed E-state index contributed by atoms with van der Waals surface area (Å²) in [6.45, 7) is 2.95. The molecule has 1 unspecified atom stereocenters. The fourth-order valence-corrected chi connectivity index (χ4v) is 5.14. The van der Waals surface area contributed by atoms with E-state index in [4.69, 9.17) is 9.72 Å². The lowest BCUT2D eigenvalue weighted by atomic mass is 9.85. The van der Waals surface area contributed by atoms with Crippen molar-refractivity contribution in [2.75, 3.05) is 31.6 Å². The molecule has 2 aliphatic heterocycles. The number of aromatic amines is 1. The normalized spacial score (nSPS) is 21.3. The van der Waals surface area contributed by atoms with Crippen LogP contribution in [0.1, 0.15) is 18.4 Å². The smallest absolute Gasteiger partial charge is 0.231 e. The molecule has 4 aromatic rings. The third kappa shape index (κ3) is 2.78. The maximum Gasteiger partial charge on any atom is 0.231 e. The van der Waals surface area contributed by atoms with Gasteiger partial charge in [-0.2, -0.15) is 9.61 Å². The highest BCUT2D eigenvalue weighted by Crippen LogP contribution is 2.43. The molecule has 0 bridgehead atoms. The Kier molecular flexibility index (Phi) is 3.96. The highest BCUT2D eigenvalue weighted by molar-refractivity contribution is 5.88. The number of aromatic nitrogens is 4. The van der Waals surface area contributed by atoms with Crippen molar-refractivity contribution < 1.29 is 9.53 Å². The van der Waals surface area contributed by atoms with E-state index < -0.39 is 0 Å². The molecule has 1 spiro atoms. The Morgan fingerprint density at radius 2 is 2.06 bits per heavy atom. The molecule has 1 aromatic carbocycles. The molecule has 0 saturated carbocycles. The highest BCUT2D eigenvalue weighted by Gasteiger charge is 2.51. The maximum atomic E-state index is 13.5. The first kappa shape index (κ1) is 18.2. The van der Waals surface area contributed by atoms with Gasteiger partial charge in [-0.25, -0.2) is 4.98 Å². The molecule has 2 aliphatic rings. The summed E-state index contributed by atoms with van der Waals surface area (Å²) >= 11 is 0. The quantitative estimate of drug-likeness (QED) is 0.554. The van der Waals surface area contributed by atoms with Gasteiger partial charge in [0.2, 0.25) is 11.8 Å². The number of amides is 1. The highest BCUT2D eigenvalue weighted by atomic mass is 16.5. The molecule has 1 N–H and O–H groups in total. The van der Waals surface area contributed by atoms with Gasteiger partial charge in [0.05, 0.1) is 18.7 Å². The number of nitrogens with zero attached hydrogens (tertiary/aromatic N) is 5. The molecule has 158 valence electrons. The first-order valence-electron chi connectivity index (χ1n) is 10.6. The fraction of sp³-hybridized carbons (Fsp3) is 0.348. The van der Waals surface area contributed by atoms with E-state index in [1.807, 2.05) is 35.4 Å². The second-order valence-corrected chi connectivity index (χ2v) is 8.55. The molecule has 6 rings (SSSR count). The van der Waals surface area contributed by atoms with Gasteiger partial charge in [-0.1, -0.05) is 18.2 Å². The lowest BCUT2D eigenvalue weighted by Crippen LogP contribution is -2.36. The summed E-state index contributed by atoms with van der Waals surface area (Å²) in [6, 6.07) is 12.0. The van der Waals surface area contributed by atoms with Crippen LogP contribution in [0.25, 0.3) is 16.6 Å². The van der Waals surface area contributed by atoms with Gasteiger partial charge in [0.25, 0.3) is 0 Å². The molecule has 31 heavy (non-hydrogen) atoms. The predicted octanol–water partition coefficient (Wildman–Crippen LogP) is 2.85. The van der Waals surface area contributed by atoms with Crippen molar-refractivity contribution in [3.8, 4) is 5.88 Å². The number of para-hydroxylation sites is 1. The minimum Gasteiger partial charge on any atom is -0.481 e. The largest absolute Gasteiger partial charge is 0.481 e. The summed E-state index contributed by atoms with van der Waals surface area (Å²) in [5, 5.41) is 5.44. The van der Waals surface area contributed by atoms with Crippen molar-refractivity contribution in [1.82, 2.24) is 24.5 Å². The number of hydrogen-bond donors (Lipinski definition) is 1.